The summed E-state index contributed by atoms with van der Waals surface area (Å²) in [4.78, 5) is 19.3. The van der Waals surface area contributed by atoms with E-state index < -0.39 is 0 Å². The third-order valence-corrected chi connectivity index (χ3v) is 3.27. The molecule has 0 bridgehead atoms. The van der Waals surface area contributed by atoms with Gasteiger partial charge in [0.1, 0.15) is 12.1 Å². The van der Waals surface area contributed by atoms with E-state index >= 15 is 0 Å². The Kier molecular flexibility index (Phi) is 4.50. The minimum absolute atomic E-state index is 0.252. The van der Waals surface area contributed by atoms with Crippen LogP contribution in [-0.4, -0.2) is 22.4 Å². The van der Waals surface area contributed by atoms with Gasteiger partial charge < -0.3 is 11.1 Å². The van der Waals surface area contributed by atoms with Crippen LogP contribution in [0.2, 0.25) is 0 Å². The normalized spacial score (nSPS) is 14.7. The number of carbonyl (C=O) groups is 1. The van der Waals surface area contributed by atoms with Crippen molar-refractivity contribution in [2.75, 3.05) is 11.9 Å². The van der Waals surface area contributed by atoms with E-state index in [0.717, 1.165) is 31.6 Å². The number of rotatable bonds is 5. The van der Waals surface area contributed by atoms with Gasteiger partial charge in [-0.3, -0.25) is 4.79 Å². The Bertz CT molecular complexity index is 419. The Labute approximate surface area is 107 Å². The minimum atomic E-state index is -0.252. The molecule has 1 aliphatic carbocycles. The molecule has 0 saturated carbocycles. The second-order valence-corrected chi connectivity index (χ2v) is 4.70. The molecule has 5 heteroatoms. The molecule has 1 heterocycles. The Morgan fingerprint density at radius 2 is 2.11 bits per heavy atom. The Hall–Kier alpha value is -1.65. The first-order chi connectivity index (χ1) is 8.77. The zero-order chi connectivity index (χ0) is 12.8. The van der Waals surface area contributed by atoms with Crippen molar-refractivity contribution in [2.45, 2.75) is 44.9 Å². The van der Waals surface area contributed by atoms with E-state index in [1.807, 2.05) is 0 Å². The third-order valence-electron chi connectivity index (χ3n) is 3.27. The molecule has 0 aromatic carbocycles. The van der Waals surface area contributed by atoms with Gasteiger partial charge in [0.2, 0.25) is 5.91 Å². The van der Waals surface area contributed by atoms with Crippen LogP contribution in [0.25, 0.3) is 0 Å². The first-order valence-electron chi connectivity index (χ1n) is 6.62. The molecular weight excluding hydrogens is 228 g/mol. The van der Waals surface area contributed by atoms with Gasteiger partial charge in [-0.25, -0.2) is 9.97 Å². The van der Waals surface area contributed by atoms with Crippen LogP contribution >= 0.6 is 0 Å². The molecule has 1 amide bonds. The molecule has 0 radical (unpaired) electrons. The fourth-order valence-electron chi connectivity index (χ4n) is 2.32. The average Bonchev–Trinajstić information content (AvgIpc) is 2.60. The van der Waals surface area contributed by atoms with Crippen molar-refractivity contribution in [3.8, 4) is 0 Å². The molecule has 1 aromatic heterocycles. The van der Waals surface area contributed by atoms with Gasteiger partial charge in [-0.1, -0.05) is 6.42 Å². The van der Waals surface area contributed by atoms with Gasteiger partial charge in [-0.15, -0.1) is 0 Å². The highest BCUT2D eigenvalue weighted by Crippen LogP contribution is 2.23. The van der Waals surface area contributed by atoms with Crippen molar-refractivity contribution >= 4 is 11.7 Å². The Morgan fingerprint density at radius 1 is 1.28 bits per heavy atom. The van der Waals surface area contributed by atoms with E-state index in [1.165, 1.54) is 30.5 Å². The molecule has 3 N–H and O–H groups in total. The van der Waals surface area contributed by atoms with Crippen LogP contribution in [0.15, 0.2) is 6.33 Å². The number of hydrogen-bond donors (Lipinski definition) is 2. The molecule has 0 unspecified atom stereocenters. The number of aryl methyl sites for hydroxylation is 1. The number of hydrogen-bond acceptors (Lipinski definition) is 4. The second-order valence-electron chi connectivity index (χ2n) is 4.70. The number of aromatic nitrogens is 2. The van der Waals surface area contributed by atoms with E-state index in [-0.39, 0.29) is 5.91 Å². The number of anilines is 1. The number of nitrogens with two attached hydrogens (primary N) is 1. The predicted octanol–water partition coefficient (Wildman–Crippen LogP) is 1.42. The van der Waals surface area contributed by atoms with Crippen LogP contribution < -0.4 is 11.1 Å². The summed E-state index contributed by atoms with van der Waals surface area (Å²) in [6, 6.07) is 0. The zero-order valence-electron chi connectivity index (χ0n) is 10.6. The van der Waals surface area contributed by atoms with Gasteiger partial charge in [0.25, 0.3) is 0 Å². The highest BCUT2D eigenvalue weighted by Gasteiger charge is 2.13. The molecule has 18 heavy (non-hydrogen) atoms. The van der Waals surface area contributed by atoms with Crippen LogP contribution in [0.1, 0.15) is 43.4 Å². The Balaban J connectivity index is 1.97. The van der Waals surface area contributed by atoms with E-state index in [9.17, 15) is 4.79 Å². The van der Waals surface area contributed by atoms with Gasteiger partial charge in [0.05, 0.1) is 0 Å². The molecule has 0 spiro atoms. The molecule has 2 rings (SSSR count). The summed E-state index contributed by atoms with van der Waals surface area (Å²) >= 11 is 0. The number of amides is 1. The van der Waals surface area contributed by atoms with Gasteiger partial charge in [-0.2, -0.15) is 0 Å². The van der Waals surface area contributed by atoms with Crippen LogP contribution in [0, 0.1) is 0 Å². The lowest BCUT2D eigenvalue weighted by Gasteiger charge is -2.11. The maximum Gasteiger partial charge on any atom is 0.217 e. The molecule has 98 valence electrons. The van der Waals surface area contributed by atoms with E-state index in [2.05, 4.69) is 15.3 Å². The summed E-state index contributed by atoms with van der Waals surface area (Å²) in [5.74, 6) is 0.685. The van der Waals surface area contributed by atoms with Crippen molar-refractivity contribution in [3.05, 3.63) is 17.6 Å². The summed E-state index contributed by atoms with van der Waals surface area (Å²) in [5.41, 5.74) is 7.55. The number of carbonyl (C=O) groups excluding carboxylic acids is 1. The molecule has 0 fully saturated rings. The van der Waals surface area contributed by atoms with E-state index in [0.29, 0.717) is 6.42 Å². The van der Waals surface area contributed by atoms with Crippen molar-refractivity contribution in [1.82, 2.24) is 9.97 Å². The molecular formula is C13H20N4O. The summed E-state index contributed by atoms with van der Waals surface area (Å²) in [6.07, 6.45) is 8.57. The lowest BCUT2D eigenvalue weighted by Crippen LogP contribution is -2.14. The fourth-order valence-corrected chi connectivity index (χ4v) is 2.32. The molecule has 0 aliphatic heterocycles. The minimum Gasteiger partial charge on any atom is -0.370 e. The topological polar surface area (TPSA) is 80.9 Å². The lowest BCUT2D eigenvalue weighted by atomic mass is 10.1. The molecule has 5 nitrogen and oxygen atoms in total. The van der Waals surface area contributed by atoms with Gasteiger partial charge in [0, 0.05) is 24.2 Å². The third kappa shape index (κ3) is 3.42. The SMILES string of the molecule is NC(=O)CCCNc1ncnc2c1CCCCC2. The predicted molar refractivity (Wildman–Crippen MR) is 70.2 cm³/mol. The van der Waals surface area contributed by atoms with Crippen molar-refractivity contribution in [3.63, 3.8) is 0 Å². The van der Waals surface area contributed by atoms with Crippen LogP contribution in [0.4, 0.5) is 5.82 Å². The maximum atomic E-state index is 10.7. The molecule has 1 aliphatic rings. The molecule has 0 saturated heterocycles. The van der Waals surface area contributed by atoms with Gasteiger partial charge >= 0.3 is 0 Å². The number of nitrogens with zero attached hydrogens (tertiary/aromatic N) is 2. The summed E-state index contributed by atoms with van der Waals surface area (Å²) in [5, 5.41) is 3.30. The first kappa shape index (κ1) is 12.8. The van der Waals surface area contributed by atoms with Crippen molar-refractivity contribution in [1.29, 1.82) is 0 Å². The number of fused-ring (bicyclic) bond motifs is 1. The fraction of sp³-hybridized carbons (Fsp3) is 0.615. The second kappa shape index (κ2) is 6.33. The van der Waals surface area contributed by atoms with E-state index in [4.69, 9.17) is 5.73 Å². The monoisotopic (exact) mass is 248 g/mol. The van der Waals surface area contributed by atoms with Gasteiger partial charge in [0.15, 0.2) is 0 Å². The zero-order valence-corrected chi connectivity index (χ0v) is 10.6. The van der Waals surface area contributed by atoms with Crippen molar-refractivity contribution in [2.24, 2.45) is 5.73 Å². The van der Waals surface area contributed by atoms with Crippen LogP contribution in [0.5, 0.6) is 0 Å². The van der Waals surface area contributed by atoms with Crippen molar-refractivity contribution < 1.29 is 4.79 Å². The van der Waals surface area contributed by atoms with Crippen LogP contribution in [-0.2, 0) is 17.6 Å². The molecule has 1 aromatic rings. The highest BCUT2D eigenvalue weighted by molar-refractivity contribution is 5.73. The average molecular weight is 248 g/mol. The van der Waals surface area contributed by atoms with Gasteiger partial charge in [-0.05, 0) is 32.1 Å². The summed E-state index contributed by atoms with van der Waals surface area (Å²) in [7, 11) is 0. The Morgan fingerprint density at radius 3 is 2.94 bits per heavy atom. The standard InChI is InChI=1S/C13H20N4O/c14-12(18)7-4-8-15-13-10-5-2-1-3-6-11(10)16-9-17-13/h9H,1-8H2,(H2,14,18)(H,15,16,17). The lowest BCUT2D eigenvalue weighted by molar-refractivity contribution is -0.118. The smallest absolute Gasteiger partial charge is 0.217 e. The highest BCUT2D eigenvalue weighted by atomic mass is 16.1. The van der Waals surface area contributed by atoms with E-state index in [1.54, 1.807) is 6.33 Å². The summed E-state index contributed by atoms with van der Waals surface area (Å²) < 4.78 is 0. The summed E-state index contributed by atoms with van der Waals surface area (Å²) in [6.45, 7) is 0.729. The van der Waals surface area contributed by atoms with Crippen LogP contribution in [0.3, 0.4) is 0 Å². The number of nitrogens with one attached hydrogen (secondary N) is 1. The first-order valence-corrected chi connectivity index (χ1v) is 6.62. The largest absolute Gasteiger partial charge is 0.370 e. The number of primary amides is 1. The molecule has 0 atom stereocenters. The quantitative estimate of drug-likeness (QED) is 0.610. The maximum absolute atomic E-state index is 10.7.